The second-order valence-corrected chi connectivity index (χ2v) is 7.55. The number of rotatable bonds is 3. The fourth-order valence-electron chi connectivity index (χ4n) is 3.49. The summed E-state index contributed by atoms with van der Waals surface area (Å²) in [6.07, 6.45) is 0. The van der Waals surface area contributed by atoms with Crippen molar-refractivity contribution in [2.24, 2.45) is 0 Å². The van der Waals surface area contributed by atoms with Gasteiger partial charge in [0.25, 0.3) is 0 Å². The van der Waals surface area contributed by atoms with Crippen LogP contribution in [0.2, 0.25) is 0 Å². The predicted octanol–water partition coefficient (Wildman–Crippen LogP) is 6.32. The van der Waals surface area contributed by atoms with Crippen LogP contribution >= 0.6 is 0 Å². The second-order valence-electron chi connectivity index (χ2n) is 6.74. The van der Waals surface area contributed by atoms with Gasteiger partial charge in [-0.2, -0.15) is 0 Å². The van der Waals surface area contributed by atoms with Crippen molar-refractivity contribution in [2.75, 3.05) is 0 Å². The van der Waals surface area contributed by atoms with E-state index in [4.69, 9.17) is 17.5 Å². The Morgan fingerprint density at radius 1 is 0.545 bits per heavy atom. The van der Waals surface area contributed by atoms with Crippen LogP contribution < -0.4 is 0 Å². The molecule has 33 heavy (non-hydrogen) atoms. The highest BCUT2D eigenvalue weighted by atomic mass is 32.3. The molecule has 0 saturated heterocycles. The molecule has 0 atom stereocenters. The first-order valence-corrected chi connectivity index (χ1v) is 10.9. The Morgan fingerprint density at radius 3 is 1.42 bits per heavy atom. The van der Waals surface area contributed by atoms with Crippen molar-refractivity contribution in [3.63, 3.8) is 0 Å². The molecule has 4 rings (SSSR count). The van der Waals surface area contributed by atoms with Crippen molar-refractivity contribution >= 4 is 21.8 Å². The molecular formula is C24H16N4O4S. The molecule has 0 unspecified atom stereocenters. The van der Waals surface area contributed by atoms with Gasteiger partial charge >= 0.3 is 11.4 Å². The first-order valence-electron chi connectivity index (χ1n) is 9.57. The lowest BCUT2D eigenvalue weighted by Crippen LogP contribution is -1.91. The highest BCUT2D eigenvalue weighted by Crippen LogP contribution is 2.45. The molecule has 0 aromatic heterocycles. The van der Waals surface area contributed by atoms with E-state index < -0.39 is 10.4 Å². The van der Waals surface area contributed by atoms with Gasteiger partial charge in [-0.3, -0.25) is 8.42 Å². The van der Waals surface area contributed by atoms with Crippen LogP contribution in [0.1, 0.15) is 0 Å². The average molecular weight is 456 g/mol. The van der Waals surface area contributed by atoms with Crippen molar-refractivity contribution in [3.05, 3.63) is 107 Å². The van der Waals surface area contributed by atoms with Crippen LogP contribution in [0.4, 0.5) is 11.4 Å². The minimum atomic E-state index is -5.17. The van der Waals surface area contributed by atoms with Crippen LogP contribution in [0.3, 0.4) is 0 Å². The summed E-state index contributed by atoms with van der Waals surface area (Å²) in [5.74, 6) is 0. The number of hydrogen-bond acceptors (Lipinski definition) is 6. The summed E-state index contributed by atoms with van der Waals surface area (Å²) in [5, 5.41) is 19.0. The third-order valence-electron chi connectivity index (χ3n) is 4.73. The summed E-state index contributed by atoms with van der Waals surface area (Å²) >= 11 is 0. The van der Waals surface area contributed by atoms with Crippen LogP contribution in [0.5, 0.6) is 0 Å². The Labute approximate surface area is 190 Å². The SMILES string of the molecule is N#[N+]c1cccc([N+]#N)c1-c1ccccc1-c1ccccc1-c1ccccc1.O=S(=O)([O-])[O-]. The summed E-state index contributed by atoms with van der Waals surface area (Å²) in [4.78, 5) is 6.80. The van der Waals surface area contributed by atoms with E-state index in [2.05, 4.69) is 34.2 Å². The fraction of sp³-hybridized carbons (Fsp3) is 0. The molecule has 0 amide bonds. The molecular weight excluding hydrogens is 440 g/mol. The van der Waals surface area contributed by atoms with Gasteiger partial charge in [0.15, 0.2) is 15.5 Å². The van der Waals surface area contributed by atoms with Gasteiger partial charge in [0.05, 0.1) is 0 Å². The minimum absolute atomic E-state index is 0.347. The molecule has 0 fully saturated rings. The third-order valence-corrected chi connectivity index (χ3v) is 4.73. The Kier molecular flexibility index (Phi) is 7.24. The topological polar surface area (TPSA) is 137 Å². The molecule has 0 aliphatic rings. The Hall–Kier alpha value is -4.41. The van der Waals surface area contributed by atoms with E-state index in [-0.39, 0.29) is 0 Å². The smallest absolute Gasteiger partial charge is 0.400 e. The maximum atomic E-state index is 9.50. The quantitative estimate of drug-likeness (QED) is 0.201. The van der Waals surface area contributed by atoms with E-state index in [9.17, 15) is 10.8 Å². The third kappa shape index (κ3) is 5.85. The van der Waals surface area contributed by atoms with Gasteiger partial charge in [0.1, 0.15) is 0 Å². The molecule has 0 heterocycles. The van der Waals surface area contributed by atoms with Crippen LogP contribution in [-0.4, -0.2) is 17.5 Å². The molecule has 4 aromatic carbocycles. The molecule has 0 saturated carbocycles. The average Bonchev–Trinajstić information content (AvgIpc) is 2.83. The zero-order valence-corrected chi connectivity index (χ0v) is 17.9. The zero-order valence-electron chi connectivity index (χ0n) is 17.1. The van der Waals surface area contributed by atoms with E-state index in [1.54, 1.807) is 18.2 Å². The lowest BCUT2D eigenvalue weighted by Gasteiger charge is -2.13. The van der Waals surface area contributed by atoms with Crippen molar-refractivity contribution < 1.29 is 17.5 Å². The van der Waals surface area contributed by atoms with Crippen molar-refractivity contribution in [2.45, 2.75) is 0 Å². The van der Waals surface area contributed by atoms with E-state index in [1.165, 1.54) is 0 Å². The number of diazo groups is 2. The molecule has 9 heteroatoms. The van der Waals surface area contributed by atoms with Crippen molar-refractivity contribution in [1.29, 1.82) is 10.8 Å². The second kappa shape index (κ2) is 10.3. The highest BCUT2D eigenvalue weighted by Gasteiger charge is 2.29. The predicted molar refractivity (Wildman–Crippen MR) is 123 cm³/mol. The fourth-order valence-corrected chi connectivity index (χ4v) is 3.49. The van der Waals surface area contributed by atoms with Gasteiger partial charge in [0, 0.05) is 28.1 Å². The van der Waals surface area contributed by atoms with Crippen LogP contribution in [-0.2, 0) is 10.4 Å². The summed E-state index contributed by atoms with van der Waals surface area (Å²) in [5.41, 5.74) is 6.30. The zero-order chi connectivity index (χ0) is 23.8. The van der Waals surface area contributed by atoms with Gasteiger partial charge in [-0.25, -0.2) is 0 Å². The van der Waals surface area contributed by atoms with E-state index in [0.717, 1.165) is 27.8 Å². The standard InChI is InChI=1S/C24H16N4.H2O4S/c25-27-22-15-8-16-23(28-26)24(22)21-14-7-6-13-20(21)19-12-5-4-11-18(19)17-9-2-1-3-10-17;1-5(2,3)4/h1-16H;(H2,1,2,3,4)/q+2;/p-2. The Bertz CT molecular complexity index is 1430. The molecule has 0 aliphatic carbocycles. The van der Waals surface area contributed by atoms with E-state index in [1.807, 2.05) is 54.6 Å². The first kappa shape index (κ1) is 23.3. The molecule has 0 bridgehead atoms. The molecule has 0 spiro atoms. The number of nitrogens with zero attached hydrogens (tertiary/aromatic N) is 4. The lowest BCUT2D eigenvalue weighted by atomic mass is 9.88. The number of hydrogen-bond donors (Lipinski definition) is 0. The maximum absolute atomic E-state index is 9.50. The summed E-state index contributed by atoms with van der Waals surface area (Å²) in [7, 11) is -5.17. The summed E-state index contributed by atoms with van der Waals surface area (Å²) < 4.78 is 34.1. The van der Waals surface area contributed by atoms with Gasteiger partial charge in [-0.1, -0.05) is 78.9 Å². The molecule has 0 radical (unpaired) electrons. The number of benzene rings is 4. The molecule has 4 aromatic rings. The van der Waals surface area contributed by atoms with Gasteiger partial charge < -0.3 is 9.11 Å². The largest absolute Gasteiger partial charge is 0.759 e. The van der Waals surface area contributed by atoms with E-state index in [0.29, 0.717) is 16.9 Å². The van der Waals surface area contributed by atoms with Crippen LogP contribution in [0, 0.1) is 10.8 Å². The highest BCUT2D eigenvalue weighted by molar-refractivity contribution is 7.79. The molecule has 162 valence electrons. The first-order chi connectivity index (χ1) is 15.8. The van der Waals surface area contributed by atoms with Crippen LogP contribution in [0.15, 0.2) is 97.1 Å². The summed E-state index contributed by atoms with van der Waals surface area (Å²) in [6.45, 7) is 0. The van der Waals surface area contributed by atoms with Crippen molar-refractivity contribution in [3.8, 4) is 33.4 Å². The Balaban J connectivity index is 0.000000555. The lowest BCUT2D eigenvalue weighted by molar-refractivity contribution is 0.352. The van der Waals surface area contributed by atoms with Crippen molar-refractivity contribution in [1.82, 2.24) is 0 Å². The van der Waals surface area contributed by atoms with Crippen LogP contribution in [0.25, 0.3) is 43.3 Å². The minimum Gasteiger partial charge on any atom is -0.759 e. The normalized spacial score (nSPS) is 10.3. The molecule has 0 aliphatic heterocycles. The monoisotopic (exact) mass is 456 g/mol. The Morgan fingerprint density at radius 2 is 0.939 bits per heavy atom. The van der Waals surface area contributed by atoms with Gasteiger partial charge in [-0.05, 0) is 28.3 Å². The molecule has 0 N–H and O–H groups in total. The van der Waals surface area contributed by atoms with Gasteiger partial charge in [-0.15, -0.1) is 0 Å². The van der Waals surface area contributed by atoms with E-state index >= 15 is 0 Å². The molecule has 8 nitrogen and oxygen atoms in total. The summed E-state index contributed by atoms with van der Waals surface area (Å²) in [6, 6.07) is 31.2. The van der Waals surface area contributed by atoms with Gasteiger partial charge in [0.2, 0.25) is 10.8 Å². The maximum Gasteiger partial charge on any atom is 0.400 e.